The molecule has 1 saturated carbocycles. The fourth-order valence-corrected chi connectivity index (χ4v) is 5.55. The van der Waals surface area contributed by atoms with Crippen LogP contribution in [-0.2, 0) is 0 Å². The standard InChI is InChI=1S/C32H33F2N3O5/c1-41-26-7-2-20(3-8-26)30(38)21-12-14-37(15-13-21)32(40)22-4-11-29(35-19-22)31(39)36-25-5-9-27(10-6-25)42-28-17-23(33)16-24(34)18-28/h2-4,7-8,11,16-19,21,25,27H,5-6,9-10,12-15H2,1H3,(H,36,39)/t25-,27+. The molecule has 1 aliphatic heterocycles. The van der Waals surface area contributed by atoms with Crippen LogP contribution in [0, 0.1) is 17.6 Å². The first-order chi connectivity index (χ1) is 20.3. The number of halogens is 2. The average Bonchev–Trinajstić information content (AvgIpc) is 3.01. The van der Waals surface area contributed by atoms with Gasteiger partial charge in [-0.15, -0.1) is 0 Å². The number of piperidine rings is 1. The van der Waals surface area contributed by atoms with E-state index in [9.17, 15) is 23.2 Å². The lowest BCUT2D eigenvalue weighted by Crippen LogP contribution is -2.40. The van der Waals surface area contributed by atoms with Crippen molar-refractivity contribution in [1.29, 1.82) is 0 Å². The van der Waals surface area contributed by atoms with Crippen LogP contribution in [0.1, 0.15) is 69.7 Å². The van der Waals surface area contributed by atoms with Gasteiger partial charge in [-0.05, 0) is 74.9 Å². The number of carbonyl (C=O) groups excluding carboxylic acids is 3. The molecule has 1 aromatic heterocycles. The molecule has 2 fully saturated rings. The second-order valence-electron chi connectivity index (χ2n) is 10.8. The zero-order valence-electron chi connectivity index (χ0n) is 23.4. The normalized spacial score (nSPS) is 19.2. The highest BCUT2D eigenvalue weighted by molar-refractivity contribution is 5.99. The van der Waals surface area contributed by atoms with Crippen LogP contribution in [0.5, 0.6) is 11.5 Å². The van der Waals surface area contributed by atoms with Crippen molar-refractivity contribution in [3.8, 4) is 11.5 Å². The number of ether oxygens (including phenoxy) is 2. The van der Waals surface area contributed by atoms with Gasteiger partial charge in [0, 0.05) is 55.0 Å². The van der Waals surface area contributed by atoms with E-state index in [4.69, 9.17) is 9.47 Å². The number of nitrogens with one attached hydrogen (secondary N) is 1. The van der Waals surface area contributed by atoms with E-state index < -0.39 is 11.6 Å². The summed E-state index contributed by atoms with van der Waals surface area (Å²) in [7, 11) is 1.58. The van der Waals surface area contributed by atoms with Gasteiger partial charge in [0.15, 0.2) is 5.78 Å². The summed E-state index contributed by atoms with van der Waals surface area (Å²) in [5, 5.41) is 2.97. The van der Waals surface area contributed by atoms with Crippen LogP contribution >= 0.6 is 0 Å². The quantitative estimate of drug-likeness (QED) is 0.369. The highest BCUT2D eigenvalue weighted by Gasteiger charge is 2.29. The summed E-state index contributed by atoms with van der Waals surface area (Å²) in [5.41, 5.74) is 1.24. The Hall–Kier alpha value is -4.34. The number of nitrogens with zero attached hydrogens (tertiary/aromatic N) is 2. The number of hydrogen-bond donors (Lipinski definition) is 1. The summed E-state index contributed by atoms with van der Waals surface area (Å²) in [5.74, 6) is -1.10. The molecule has 42 heavy (non-hydrogen) atoms. The second kappa shape index (κ2) is 13.1. The average molecular weight is 578 g/mol. The molecule has 1 N–H and O–H groups in total. The topological polar surface area (TPSA) is 97.8 Å². The van der Waals surface area contributed by atoms with Crippen LogP contribution in [-0.4, -0.2) is 59.8 Å². The van der Waals surface area contributed by atoms with E-state index >= 15 is 0 Å². The van der Waals surface area contributed by atoms with Crippen LogP contribution in [0.15, 0.2) is 60.8 Å². The van der Waals surface area contributed by atoms with Gasteiger partial charge in [0.05, 0.1) is 18.8 Å². The Balaban J connectivity index is 1.07. The number of carbonyl (C=O) groups is 3. The molecule has 2 heterocycles. The third-order valence-corrected chi connectivity index (χ3v) is 7.92. The first-order valence-electron chi connectivity index (χ1n) is 14.2. The Bertz CT molecular complexity index is 1390. The number of benzene rings is 2. The molecule has 2 aliphatic rings. The molecule has 3 aromatic rings. The first kappa shape index (κ1) is 29.2. The monoisotopic (exact) mass is 577 g/mol. The molecule has 0 radical (unpaired) electrons. The molecule has 0 spiro atoms. The lowest BCUT2D eigenvalue weighted by molar-refractivity contribution is 0.0649. The fourth-order valence-electron chi connectivity index (χ4n) is 5.55. The first-order valence-corrected chi connectivity index (χ1v) is 14.2. The van der Waals surface area contributed by atoms with Gasteiger partial charge >= 0.3 is 0 Å². The molecule has 1 aliphatic carbocycles. The van der Waals surface area contributed by atoms with Crippen molar-refractivity contribution in [3.63, 3.8) is 0 Å². The Kier molecular flexibility index (Phi) is 9.09. The Morgan fingerprint density at radius 1 is 0.833 bits per heavy atom. The number of rotatable bonds is 8. The molecule has 0 unspecified atom stereocenters. The van der Waals surface area contributed by atoms with Crippen molar-refractivity contribution in [2.45, 2.75) is 50.7 Å². The van der Waals surface area contributed by atoms with Gasteiger partial charge in [0.25, 0.3) is 11.8 Å². The van der Waals surface area contributed by atoms with E-state index in [-0.39, 0.29) is 47.1 Å². The summed E-state index contributed by atoms with van der Waals surface area (Å²) in [6.45, 7) is 0.933. The maximum Gasteiger partial charge on any atom is 0.270 e. The summed E-state index contributed by atoms with van der Waals surface area (Å²) < 4.78 is 37.7. The molecular formula is C32H33F2N3O5. The predicted molar refractivity (Wildman–Crippen MR) is 151 cm³/mol. The molecule has 10 heteroatoms. The molecule has 5 rings (SSSR count). The number of ketones is 1. The second-order valence-corrected chi connectivity index (χ2v) is 10.8. The Morgan fingerprint density at radius 3 is 2.07 bits per heavy atom. The van der Waals surface area contributed by atoms with E-state index in [0.717, 1.165) is 18.2 Å². The number of methoxy groups -OCH3 is 1. The molecule has 2 aromatic carbocycles. The van der Waals surface area contributed by atoms with Gasteiger partial charge in [-0.1, -0.05) is 0 Å². The lowest BCUT2D eigenvalue weighted by atomic mass is 9.88. The smallest absolute Gasteiger partial charge is 0.270 e. The van der Waals surface area contributed by atoms with Gasteiger partial charge in [0.2, 0.25) is 0 Å². The molecule has 220 valence electrons. The number of hydrogen-bond acceptors (Lipinski definition) is 6. The number of Topliss-reactive ketones (excluding diaryl/α,β-unsaturated/α-hetero) is 1. The maximum atomic E-state index is 13.4. The maximum absolute atomic E-state index is 13.4. The zero-order chi connectivity index (χ0) is 29.6. The van der Waals surface area contributed by atoms with Crippen molar-refractivity contribution >= 4 is 17.6 Å². The molecular weight excluding hydrogens is 544 g/mol. The number of likely N-dealkylation sites (tertiary alicyclic amines) is 1. The van der Waals surface area contributed by atoms with Gasteiger partial charge in [-0.3, -0.25) is 19.4 Å². The minimum atomic E-state index is -0.687. The highest BCUT2D eigenvalue weighted by atomic mass is 19.1. The van der Waals surface area contributed by atoms with Crippen molar-refractivity contribution in [2.75, 3.05) is 20.2 Å². The Labute approximate surface area is 243 Å². The van der Waals surface area contributed by atoms with E-state index in [1.807, 2.05) is 0 Å². The van der Waals surface area contributed by atoms with E-state index in [2.05, 4.69) is 10.3 Å². The van der Waals surface area contributed by atoms with Gasteiger partial charge in [0.1, 0.15) is 28.8 Å². The molecule has 0 bridgehead atoms. The van der Waals surface area contributed by atoms with Crippen molar-refractivity contribution in [2.24, 2.45) is 5.92 Å². The summed E-state index contributed by atoms with van der Waals surface area (Å²) in [4.78, 5) is 44.6. The molecule has 8 nitrogen and oxygen atoms in total. The summed E-state index contributed by atoms with van der Waals surface area (Å²) in [6, 6.07) is 13.2. The van der Waals surface area contributed by atoms with Crippen molar-refractivity contribution in [1.82, 2.24) is 15.2 Å². The minimum Gasteiger partial charge on any atom is -0.497 e. The summed E-state index contributed by atoms with van der Waals surface area (Å²) >= 11 is 0. The van der Waals surface area contributed by atoms with Crippen LogP contribution in [0.2, 0.25) is 0 Å². The van der Waals surface area contributed by atoms with Crippen LogP contribution < -0.4 is 14.8 Å². The molecule has 2 amide bonds. The molecule has 1 saturated heterocycles. The predicted octanol–water partition coefficient (Wildman–Crippen LogP) is 5.22. The zero-order valence-corrected chi connectivity index (χ0v) is 23.4. The van der Waals surface area contributed by atoms with Gasteiger partial charge in [-0.2, -0.15) is 0 Å². The third-order valence-electron chi connectivity index (χ3n) is 7.92. The number of aromatic nitrogens is 1. The van der Waals surface area contributed by atoms with E-state index in [0.29, 0.717) is 68.5 Å². The van der Waals surface area contributed by atoms with Crippen LogP contribution in [0.3, 0.4) is 0 Å². The van der Waals surface area contributed by atoms with Crippen LogP contribution in [0.25, 0.3) is 0 Å². The number of amides is 2. The van der Waals surface area contributed by atoms with E-state index in [1.165, 1.54) is 12.3 Å². The van der Waals surface area contributed by atoms with Crippen molar-refractivity contribution in [3.05, 3.63) is 89.2 Å². The lowest BCUT2D eigenvalue weighted by Gasteiger charge is -2.31. The third kappa shape index (κ3) is 7.10. The van der Waals surface area contributed by atoms with Crippen LogP contribution in [0.4, 0.5) is 8.78 Å². The number of pyridine rings is 1. The van der Waals surface area contributed by atoms with Gasteiger partial charge in [-0.25, -0.2) is 8.78 Å². The Morgan fingerprint density at radius 2 is 1.48 bits per heavy atom. The fraction of sp³-hybridized carbons (Fsp3) is 0.375. The molecule has 0 atom stereocenters. The highest BCUT2D eigenvalue weighted by Crippen LogP contribution is 2.26. The van der Waals surface area contributed by atoms with E-state index in [1.54, 1.807) is 42.3 Å². The summed E-state index contributed by atoms with van der Waals surface area (Å²) in [6.07, 6.45) is 4.96. The SMILES string of the molecule is COc1ccc(C(=O)C2CCN(C(=O)c3ccc(C(=O)N[C@H]4CC[C@@H](Oc5cc(F)cc(F)c5)CC4)nc3)CC2)cc1. The van der Waals surface area contributed by atoms with Crippen molar-refractivity contribution < 1.29 is 32.6 Å². The minimum absolute atomic E-state index is 0.0739. The van der Waals surface area contributed by atoms with Gasteiger partial charge < -0.3 is 19.7 Å². The largest absolute Gasteiger partial charge is 0.497 e.